The third-order valence-corrected chi connectivity index (χ3v) is 4.04. The lowest BCUT2D eigenvalue weighted by Crippen LogP contribution is -2.08. The first-order valence-corrected chi connectivity index (χ1v) is 7.34. The summed E-state index contributed by atoms with van der Waals surface area (Å²) in [7, 11) is 0. The summed E-state index contributed by atoms with van der Waals surface area (Å²) in [5.74, 6) is 2.53. The fraction of sp³-hybridized carbons (Fsp3) is 0.500. The second-order valence-electron chi connectivity index (χ2n) is 5.07. The zero-order valence-corrected chi connectivity index (χ0v) is 11.9. The molecule has 0 aliphatic rings. The first kappa shape index (κ1) is 12.6. The average Bonchev–Trinajstić information content (AvgIpc) is 2.82. The molecule has 0 atom stereocenters. The molecule has 17 heavy (non-hydrogen) atoms. The van der Waals surface area contributed by atoms with Crippen molar-refractivity contribution in [2.75, 3.05) is 0 Å². The highest BCUT2D eigenvalue weighted by Gasteiger charge is 2.15. The van der Waals surface area contributed by atoms with Gasteiger partial charge in [-0.1, -0.05) is 20.8 Å². The monoisotopic (exact) mass is 268 g/mol. The summed E-state index contributed by atoms with van der Waals surface area (Å²) in [5.41, 5.74) is 2.07. The molecule has 3 nitrogen and oxygen atoms in total. The molecule has 0 aliphatic carbocycles. The van der Waals surface area contributed by atoms with Gasteiger partial charge in [0.15, 0.2) is 0 Å². The van der Waals surface area contributed by atoms with Crippen LogP contribution >= 0.6 is 23.1 Å². The highest BCUT2D eigenvalue weighted by molar-refractivity contribution is 8.00. The van der Waals surface area contributed by atoms with Crippen LogP contribution in [0.5, 0.6) is 0 Å². The van der Waals surface area contributed by atoms with Crippen molar-refractivity contribution in [1.29, 1.82) is 0 Å². The molecular formula is C12H16N2OS2. The minimum absolute atomic E-state index is 0.238. The maximum Gasteiger partial charge on any atom is 0.204 e. The Kier molecular flexibility index (Phi) is 3.89. The van der Waals surface area contributed by atoms with Crippen molar-refractivity contribution in [3.8, 4) is 0 Å². The lowest BCUT2D eigenvalue weighted by atomic mass is 9.91. The lowest BCUT2D eigenvalue weighted by Gasteiger charge is -2.15. The number of aromatic nitrogens is 2. The van der Waals surface area contributed by atoms with Crippen LogP contribution in [0.2, 0.25) is 0 Å². The molecule has 0 amide bonds. The SMILES string of the molecule is CC(C)(C)Cc1cnc(CSc2cncs2)o1. The van der Waals surface area contributed by atoms with E-state index in [0.29, 0.717) is 0 Å². The number of rotatable bonds is 4. The maximum atomic E-state index is 5.71. The van der Waals surface area contributed by atoms with E-state index in [1.54, 1.807) is 23.1 Å². The van der Waals surface area contributed by atoms with Gasteiger partial charge in [0, 0.05) is 6.42 Å². The van der Waals surface area contributed by atoms with E-state index in [1.807, 2.05) is 17.9 Å². The maximum absolute atomic E-state index is 5.71. The van der Waals surface area contributed by atoms with Crippen molar-refractivity contribution in [1.82, 2.24) is 9.97 Å². The molecule has 2 rings (SSSR count). The minimum Gasteiger partial charge on any atom is -0.445 e. The smallest absolute Gasteiger partial charge is 0.204 e. The van der Waals surface area contributed by atoms with Crippen molar-refractivity contribution in [3.63, 3.8) is 0 Å². The van der Waals surface area contributed by atoms with Crippen LogP contribution in [0.25, 0.3) is 0 Å². The largest absolute Gasteiger partial charge is 0.445 e. The Balaban J connectivity index is 1.90. The molecule has 2 heterocycles. The summed E-state index contributed by atoms with van der Waals surface area (Å²) >= 11 is 3.35. The Hall–Kier alpha value is -0.810. The van der Waals surface area contributed by atoms with E-state index in [1.165, 1.54) is 4.21 Å². The van der Waals surface area contributed by atoms with Crippen LogP contribution in [-0.2, 0) is 12.2 Å². The zero-order valence-electron chi connectivity index (χ0n) is 10.3. The third-order valence-electron chi connectivity index (χ3n) is 2.05. The molecule has 0 bridgehead atoms. The lowest BCUT2D eigenvalue weighted by molar-refractivity contribution is 0.356. The summed E-state index contributed by atoms with van der Waals surface area (Å²) in [6, 6.07) is 0. The first-order chi connectivity index (χ1) is 8.03. The predicted octanol–water partition coefficient (Wildman–Crippen LogP) is 4.01. The minimum atomic E-state index is 0.238. The Morgan fingerprint density at radius 2 is 2.18 bits per heavy atom. The summed E-state index contributed by atoms with van der Waals surface area (Å²) in [6.45, 7) is 6.59. The molecule has 0 N–H and O–H groups in total. The summed E-state index contributed by atoms with van der Waals surface area (Å²) in [6.07, 6.45) is 4.63. The molecule has 2 aromatic rings. The topological polar surface area (TPSA) is 38.9 Å². The van der Waals surface area contributed by atoms with Crippen molar-refractivity contribution in [2.45, 2.75) is 37.2 Å². The molecule has 0 aliphatic heterocycles. The van der Waals surface area contributed by atoms with E-state index >= 15 is 0 Å². The Morgan fingerprint density at radius 1 is 1.35 bits per heavy atom. The van der Waals surface area contributed by atoms with Crippen LogP contribution in [0, 0.1) is 5.41 Å². The molecule has 0 saturated heterocycles. The van der Waals surface area contributed by atoms with Gasteiger partial charge in [0.2, 0.25) is 5.89 Å². The van der Waals surface area contributed by atoms with Crippen LogP contribution in [0.4, 0.5) is 0 Å². The number of hydrogen-bond donors (Lipinski definition) is 0. The van der Waals surface area contributed by atoms with Crippen LogP contribution < -0.4 is 0 Å². The standard InChI is InChI=1S/C12H16N2OS2/c1-12(2,3)4-9-5-14-10(15-9)7-16-11-6-13-8-17-11/h5-6,8H,4,7H2,1-3H3. The molecule has 0 fully saturated rings. The quantitative estimate of drug-likeness (QED) is 0.785. The summed E-state index contributed by atoms with van der Waals surface area (Å²) in [4.78, 5) is 8.33. The fourth-order valence-electron chi connectivity index (χ4n) is 1.43. The average molecular weight is 268 g/mol. The summed E-state index contributed by atoms with van der Waals surface area (Å²) < 4.78 is 6.91. The van der Waals surface area contributed by atoms with Gasteiger partial charge in [-0.15, -0.1) is 23.1 Å². The Labute approximate surface area is 110 Å². The second-order valence-corrected chi connectivity index (χ2v) is 7.23. The van der Waals surface area contributed by atoms with Gasteiger partial charge in [-0.3, -0.25) is 4.98 Å². The van der Waals surface area contributed by atoms with Crippen molar-refractivity contribution >= 4 is 23.1 Å². The van der Waals surface area contributed by atoms with E-state index in [-0.39, 0.29) is 5.41 Å². The number of oxazole rings is 1. The molecule has 0 saturated carbocycles. The van der Waals surface area contributed by atoms with Crippen LogP contribution in [-0.4, -0.2) is 9.97 Å². The van der Waals surface area contributed by atoms with Crippen molar-refractivity contribution < 1.29 is 4.42 Å². The fourth-order valence-corrected chi connectivity index (χ4v) is 2.89. The Morgan fingerprint density at radius 3 is 2.82 bits per heavy atom. The molecular weight excluding hydrogens is 252 g/mol. The summed E-state index contributed by atoms with van der Waals surface area (Å²) in [5, 5.41) is 0. The van der Waals surface area contributed by atoms with Crippen LogP contribution in [0.15, 0.2) is 26.5 Å². The highest BCUT2D eigenvalue weighted by Crippen LogP contribution is 2.27. The second kappa shape index (κ2) is 5.23. The molecule has 0 aromatic carbocycles. The number of thiazole rings is 1. The van der Waals surface area contributed by atoms with Gasteiger partial charge in [0.1, 0.15) is 5.76 Å². The van der Waals surface area contributed by atoms with Crippen molar-refractivity contribution in [3.05, 3.63) is 29.6 Å². The van der Waals surface area contributed by atoms with E-state index in [0.717, 1.165) is 23.8 Å². The normalized spacial score (nSPS) is 11.9. The van der Waals surface area contributed by atoms with E-state index in [4.69, 9.17) is 4.42 Å². The van der Waals surface area contributed by atoms with Gasteiger partial charge in [0.05, 0.1) is 27.9 Å². The number of nitrogens with zero attached hydrogens (tertiary/aromatic N) is 2. The number of thioether (sulfide) groups is 1. The Bertz CT molecular complexity index is 457. The van der Waals surface area contributed by atoms with E-state index < -0.39 is 0 Å². The van der Waals surface area contributed by atoms with Crippen molar-refractivity contribution in [2.24, 2.45) is 5.41 Å². The molecule has 0 radical (unpaired) electrons. The predicted molar refractivity (Wildman–Crippen MR) is 71.3 cm³/mol. The van der Waals surface area contributed by atoms with Gasteiger partial charge in [-0.25, -0.2) is 4.98 Å². The van der Waals surface area contributed by atoms with Gasteiger partial charge >= 0.3 is 0 Å². The molecule has 0 spiro atoms. The van der Waals surface area contributed by atoms with E-state index in [2.05, 4.69) is 30.7 Å². The van der Waals surface area contributed by atoms with E-state index in [9.17, 15) is 0 Å². The highest BCUT2D eigenvalue weighted by atomic mass is 32.2. The van der Waals surface area contributed by atoms with Crippen LogP contribution in [0.3, 0.4) is 0 Å². The van der Waals surface area contributed by atoms with Gasteiger partial charge in [0.25, 0.3) is 0 Å². The van der Waals surface area contributed by atoms with Crippen LogP contribution in [0.1, 0.15) is 32.4 Å². The molecule has 2 aromatic heterocycles. The molecule has 5 heteroatoms. The first-order valence-electron chi connectivity index (χ1n) is 5.48. The molecule has 0 unspecified atom stereocenters. The van der Waals surface area contributed by atoms with Gasteiger partial charge in [-0.05, 0) is 5.41 Å². The zero-order chi connectivity index (χ0) is 12.3. The molecule has 92 valence electrons. The van der Waals surface area contributed by atoms with Gasteiger partial charge < -0.3 is 4.42 Å². The third kappa shape index (κ3) is 4.16. The van der Waals surface area contributed by atoms with Gasteiger partial charge in [-0.2, -0.15) is 0 Å². The number of hydrogen-bond acceptors (Lipinski definition) is 5.